The van der Waals surface area contributed by atoms with Crippen LogP contribution in [-0.4, -0.2) is 32.5 Å². The minimum Gasteiger partial charge on any atom is -0.487 e. The lowest BCUT2D eigenvalue weighted by Gasteiger charge is -2.20. The zero-order valence-corrected chi connectivity index (χ0v) is 14.8. The number of ether oxygens (including phenoxy) is 1. The summed E-state index contributed by atoms with van der Waals surface area (Å²) in [6.07, 6.45) is -3.54. The Bertz CT molecular complexity index is 837. The van der Waals surface area contributed by atoms with Crippen molar-refractivity contribution in [3.05, 3.63) is 53.6 Å². The molecule has 1 aliphatic heterocycles. The molecule has 0 unspecified atom stereocenters. The molecular weight excluding hydrogens is 359 g/mol. The van der Waals surface area contributed by atoms with Gasteiger partial charge in [-0.05, 0) is 48.4 Å². The molecule has 0 aromatic heterocycles. The van der Waals surface area contributed by atoms with Crippen LogP contribution in [0.4, 0.5) is 24.5 Å². The summed E-state index contributed by atoms with van der Waals surface area (Å²) in [7, 11) is 1.42. The lowest BCUT2D eigenvalue weighted by atomic mass is 10.1. The second-order valence-corrected chi connectivity index (χ2v) is 6.21. The highest BCUT2D eigenvalue weighted by atomic mass is 19.4. The SMILES string of the molecule is CON=C(COc1cccc(C(F)(F)F)c1)CN1CCc2cc(N)ccc21. The largest absolute Gasteiger partial charge is 0.487 e. The molecule has 144 valence electrons. The van der Waals surface area contributed by atoms with Crippen LogP contribution < -0.4 is 15.4 Å². The number of nitrogen functional groups attached to an aromatic ring is 1. The molecule has 8 heteroatoms. The maximum absolute atomic E-state index is 12.8. The van der Waals surface area contributed by atoms with Gasteiger partial charge >= 0.3 is 6.18 Å². The summed E-state index contributed by atoms with van der Waals surface area (Å²) in [5.74, 6) is 0.128. The number of benzene rings is 2. The molecule has 0 amide bonds. The van der Waals surface area contributed by atoms with E-state index in [1.54, 1.807) is 0 Å². The van der Waals surface area contributed by atoms with E-state index < -0.39 is 11.7 Å². The second-order valence-electron chi connectivity index (χ2n) is 6.21. The number of rotatable bonds is 6. The third-order valence-electron chi connectivity index (χ3n) is 4.26. The molecule has 0 saturated heterocycles. The quantitative estimate of drug-likeness (QED) is 0.472. The summed E-state index contributed by atoms with van der Waals surface area (Å²) in [4.78, 5) is 6.98. The van der Waals surface area contributed by atoms with Crippen molar-refractivity contribution >= 4 is 17.1 Å². The summed E-state index contributed by atoms with van der Waals surface area (Å²) >= 11 is 0. The van der Waals surface area contributed by atoms with Gasteiger partial charge in [0.1, 0.15) is 25.2 Å². The van der Waals surface area contributed by atoms with Crippen molar-refractivity contribution in [1.82, 2.24) is 0 Å². The van der Waals surface area contributed by atoms with Crippen molar-refractivity contribution in [3.8, 4) is 5.75 Å². The van der Waals surface area contributed by atoms with Crippen molar-refractivity contribution < 1.29 is 22.7 Å². The zero-order chi connectivity index (χ0) is 19.4. The van der Waals surface area contributed by atoms with Crippen LogP contribution in [0.3, 0.4) is 0 Å². The molecule has 0 spiro atoms. The van der Waals surface area contributed by atoms with E-state index >= 15 is 0 Å². The minimum atomic E-state index is -4.41. The van der Waals surface area contributed by atoms with E-state index in [4.69, 9.17) is 15.3 Å². The maximum atomic E-state index is 12.8. The molecule has 27 heavy (non-hydrogen) atoms. The summed E-state index contributed by atoms with van der Waals surface area (Å²) in [5.41, 5.74) is 8.57. The summed E-state index contributed by atoms with van der Waals surface area (Å²) < 4.78 is 44.0. The standard InChI is InChI=1S/C19H20F3N3O2/c1-26-24-16(11-25-8-7-13-9-15(23)5-6-18(13)25)12-27-17-4-2-3-14(10-17)19(20,21)22/h2-6,9-10H,7-8,11-12,23H2,1H3. The normalized spacial score (nSPS) is 14.2. The van der Waals surface area contributed by atoms with E-state index in [9.17, 15) is 13.2 Å². The molecule has 1 aliphatic rings. The Hall–Kier alpha value is -2.90. The van der Waals surface area contributed by atoms with Gasteiger partial charge in [0.2, 0.25) is 0 Å². The summed E-state index contributed by atoms with van der Waals surface area (Å²) in [6, 6.07) is 10.5. The lowest BCUT2D eigenvalue weighted by molar-refractivity contribution is -0.137. The first-order valence-electron chi connectivity index (χ1n) is 8.39. The van der Waals surface area contributed by atoms with Crippen LogP contribution in [0.1, 0.15) is 11.1 Å². The first-order valence-corrected chi connectivity index (χ1v) is 8.39. The number of alkyl halides is 3. The van der Waals surface area contributed by atoms with E-state index in [-0.39, 0.29) is 12.4 Å². The van der Waals surface area contributed by atoms with Crippen molar-refractivity contribution in [2.75, 3.05) is 37.4 Å². The maximum Gasteiger partial charge on any atom is 0.416 e. The Labute approximate surface area is 155 Å². The molecule has 0 bridgehead atoms. The van der Waals surface area contributed by atoms with Gasteiger partial charge in [0, 0.05) is 17.9 Å². The van der Waals surface area contributed by atoms with Crippen molar-refractivity contribution in [1.29, 1.82) is 0 Å². The molecule has 0 radical (unpaired) electrons. The monoisotopic (exact) mass is 379 g/mol. The number of nitrogens with two attached hydrogens (primary N) is 1. The lowest BCUT2D eigenvalue weighted by Crippen LogP contribution is -2.31. The van der Waals surface area contributed by atoms with Gasteiger partial charge in [-0.15, -0.1) is 0 Å². The van der Waals surface area contributed by atoms with Crippen molar-refractivity contribution in [2.45, 2.75) is 12.6 Å². The van der Waals surface area contributed by atoms with E-state index in [1.807, 2.05) is 18.2 Å². The minimum absolute atomic E-state index is 0.0238. The number of fused-ring (bicyclic) bond motifs is 1. The Kier molecular flexibility index (Phi) is 5.43. The van der Waals surface area contributed by atoms with Gasteiger partial charge in [-0.3, -0.25) is 0 Å². The number of hydrogen-bond acceptors (Lipinski definition) is 5. The van der Waals surface area contributed by atoms with Crippen LogP contribution in [0.15, 0.2) is 47.6 Å². The average Bonchev–Trinajstić information content (AvgIpc) is 3.01. The number of anilines is 2. The smallest absolute Gasteiger partial charge is 0.416 e. The Morgan fingerprint density at radius 3 is 2.78 bits per heavy atom. The van der Waals surface area contributed by atoms with Crippen LogP contribution in [0.25, 0.3) is 0 Å². The highest BCUT2D eigenvalue weighted by molar-refractivity contribution is 5.90. The van der Waals surface area contributed by atoms with Crippen LogP contribution >= 0.6 is 0 Å². The first kappa shape index (κ1) is 18.9. The van der Waals surface area contributed by atoms with E-state index in [0.717, 1.165) is 36.3 Å². The molecule has 0 atom stereocenters. The molecule has 2 aromatic rings. The molecule has 0 aliphatic carbocycles. The predicted molar refractivity (Wildman–Crippen MR) is 98.2 cm³/mol. The summed E-state index contributed by atoms with van der Waals surface area (Å²) in [6.45, 7) is 1.27. The van der Waals surface area contributed by atoms with Gasteiger partial charge < -0.3 is 20.2 Å². The molecule has 5 nitrogen and oxygen atoms in total. The number of oxime groups is 1. The Morgan fingerprint density at radius 2 is 2.04 bits per heavy atom. The van der Waals surface area contributed by atoms with Crippen LogP contribution in [0.5, 0.6) is 5.75 Å². The number of nitrogens with zero attached hydrogens (tertiary/aromatic N) is 2. The molecule has 2 N–H and O–H groups in total. The van der Waals surface area contributed by atoms with Gasteiger partial charge in [0.15, 0.2) is 0 Å². The van der Waals surface area contributed by atoms with E-state index in [2.05, 4.69) is 10.1 Å². The van der Waals surface area contributed by atoms with Crippen LogP contribution in [-0.2, 0) is 17.4 Å². The Balaban J connectivity index is 1.67. The fourth-order valence-electron chi connectivity index (χ4n) is 3.03. The third-order valence-corrected chi connectivity index (χ3v) is 4.26. The van der Waals surface area contributed by atoms with Gasteiger partial charge in [-0.25, -0.2) is 0 Å². The molecule has 1 heterocycles. The van der Waals surface area contributed by atoms with Gasteiger partial charge in [0.25, 0.3) is 0 Å². The average molecular weight is 379 g/mol. The molecule has 3 rings (SSSR count). The topological polar surface area (TPSA) is 60.1 Å². The first-order chi connectivity index (χ1) is 12.9. The zero-order valence-electron chi connectivity index (χ0n) is 14.8. The molecule has 0 saturated carbocycles. The highest BCUT2D eigenvalue weighted by Gasteiger charge is 2.30. The number of hydrogen-bond donors (Lipinski definition) is 1. The van der Waals surface area contributed by atoms with Crippen molar-refractivity contribution in [3.63, 3.8) is 0 Å². The van der Waals surface area contributed by atoms with Crippen molar-refractivity contribution in [2.24, 2.45) is 5.16 Å². The van der Waals surface area contributed by atoms with Gasteiger partial charge in [-0.2, -0.15) is 13.2 Å². The molecular formula is C19H20F3N3O2. The second kappa shape index (κ2) is 7.77. The molecule has 2 aromatic carbocycles. The Morgan fingerprint density at radius 1 is 1.22 bits per heavy atom. The summed E-state index contributed by atoms with van der Waals surface area (Å²) in [5, 5.41) is 3.97. The van der Waals surface area contributed by atoms with Gasteiger partial charge in [-0.1, -0.05) is 11.2 Å². The number of halogens is 3. The van der Waals surface area contributed by atoms with E-state index in [1.165, 1.54) is 19.2 Å². The van der Waals surface area contributed by atoms with Crippen LogP contribution in [0, 0.1) is 0 Å². The third kappa shape index (κ3) is 4.64. The fourth-order valence-corrected chi connectivity index (χ4v) is 3.03. The molecule has 0 fully saturated rings. The van der Waals surface area contributed by atoms with Gasteiger partial charge in [0.05, 0.1) is 12.1 Å². The highest BCUT2D eigenvalue weighted by Crippen LogP contribution is 2.31. The van der Waals surface area contributed by atoms with Crippen LogP contribution in [0.2, 0.25) is 0 Å². The predicted octanol–water partition coefficient (Wildman–Crippen LogP) is 3.73. The fraction of sp³-hybridized carbons (Fsp3) is 0.316. The van der Waals surface area contributed by atoms with E-state index in [0.29, 0.717) is 17.9 Å².